The van der Waals surface area contributed by atoms with Gasteiger partial charge in [-0.2, -0.15) is 13.2 Å². The Balaban J connectivity index is 1.78. The first-order chi connectivity index (χ1) is 12.2. The zero-order chi connectivity index (χ0) is 18.9. The Morgan fingerprint density at radius 2 is 1.88 bits per heavy atom. The number of nitrogens with zero attached hydrogens (tertiary/aromatic N) is 2. The van der Waals surface area contributed by atoms with Crippen LogP contribution in [0.2, 0.25) is 0 Å². The Kier molecular flexibility index (Phi) is 4.72. The summed E-state index contributed by atoms with van der Waals surface area (Å²) in [4.78, 5) is 17.5. The highest BCUT2D eigenvalue weighted by Gasteiger charge is 2.37. The van der Waals surface area contributed by atoms with E-state index in [0.29, 0.717) is 24.1 Å². The van der Waals surface area contributed by atoms with Gasteiger partial charge in [-0.1, -0.05) is 18.2 Å². The largest absolute Gasteiger partial charge is 0.433 e. The summed E-state index contributed by atoms with van der Waals surface area (Å²) < 4.78 is 38.3. The Morgan fingerprint density at radius 1 is 1.19 bits per heavy atom. The van der Waals surface area contributed by atoms with E-state index in [0.717, 1.165) is 6.07 Å². The molecule has 1 aromatic carbocycles. The number of β-amino-alcohol motifs (C(OH)–C–C–N with tert-alkyl or cyclic N) is 1. The van der Waals surface area contributed by atoms with E-state index in [2.05, 4.69) is 4.98 Å². The van der Waals surface area contributed by atoms with E-state index in [4.69, 9.17) is 5.11 Å². The van der Waals surface area contributed by atoms with Gasteiger partial charge in [-0.3, -0.25) is 4.79 Å². The fourth-order valence-electron chi connectivity index (χ4n) is 2.88. The molecule has 2 heterocycles. The minimum Gasteiger partial charge on any atom is -0.393 e. The zero-order valence-electron chi connectivity index (χ0n) is 13.7. The number of aliphatic hydroxyl groups is 2. The summed E-state index contributed by atoms with van der Waals surface area (Å²) in [5.74, 6) is -0.307. The van der Waals surface area contributed by atoms with Crippen LogP contribution < -0.4 is 0 Å². The van der Waals surface area contributed by atoms with Gasteiger partial charge in [0.2, 0.25) is 0 Å². The number of pyridine rings is 1. The minimum absolute atomic E-state index is 0.0409. The van der Waals surface area contributed by atoms with Crippen molar-refractivity contribution in [1.82, 2.24) is 9.88 Å². The van der Waals surface area contributed by atoms with E-state index in [1.54, 1.807) is 0 Å². The van der Waals surface area contributed by atoms with Crippen molar-refractivity contribution in [2.45, 2.75) is 18.2 Å². The Bertz CT molecular complexity index is 808. The van der Waals surface area contributed by atoms with Gasteiger partial charge >= 0.3 is 6.18 Å². The highest BCUT2D eigenvalue weighted by Crippen LogP contribution is 2.29. The van der Waals surface area contributed by atoms with E-state index >= 15 is 0 Å². The molecule has 3 rings (SSSR count). The molecule has 2 N–H and O–H groups in total. The van der Waals surface area contributed by atoms with Crippen LogP contribution in [0.15, 0.2) is 42.5 Å². The van der Waals surface area contributed by atoms with Crippen molar-refractivity contribution in [3.05, 3.63) is 53.7 Å². The number of halogens is 3. The molecule has 1 aromatic heterocycles. The molecule has 1 aliphatic heterocycles. The molecule has 1 atom stereocenters. The fraction of sp³-hybridized carbons (Fsp3) is 0.333. The van der Waals surface area contributed by atoms with Crippen molar-refractivity contribution in [3.8, 4) is 11.3 Å². The van der Waals surface area contributed by atoms with Crippen molar-refractivity contribution < 1.29 is 28.2 Å². The quantitative estimate of drug-likeness (QED) is 0.875. The molecule has 0 spiro atoms. The third kappa shape index (κ3) is 3.71. The standard InChI is InChI=1S/C18H17F3N2O3/c19-18(20,21)15-3-1-2-14(22-15)12-4-6-13(7-5-12)16(25)23-9-8-17(26,10-23)11-24/h1-7,24,26H,8-11H2/t17-/m1/s1. The topological polar surface area (TPSA) is 73.7 Å². The molecular weight excluding hydrogens is 349 g/mol. The number of benzene rings is 1. The number of carbonyl (C=O) groups is 1. The van der Waals surface area contributed by atoms with Gasteiger partial charge in [0.25, 0.3) is 5.91 Å². The van der Waals surface area contributed by atoms with Gasteiger partial charge < -0.3 is 15.1 Å². The molecule has 0 bridgehead atoms. The van der Waals surface area contributed by atoms with Crippen molar-refractivity contribution in [1.29, 1.82) is 0 Å². The first-order valence-corrected chi connectivity index (χ1v) is 7.99. The van der Waals surface area contributed by atoms with Gasteiger partial charge in [0.05, 0.1) is 18.8 Å². The van der Waals surface area contributed by atoms with Crippen LogP contribution in [0.1, 0.15) is 22.5 Å². The van der Waals surface area contributed by atoms with Crippen LogP contribution in [0.3, 0.4) is 0 Å². The smallest absolute Gasteiger partial charge is 0.393 e. The van der Waals surface area contributed by atoms with Crippen LogP contribution in [-0.2, 0) is 6.18 Å². The lowest BCUT2D eigenvalue weighted by Gasteiger charge is -2.21. The van der Waals surface area contributed by atoms with E-state index in [9.17, 15) is 23.1 Å². The molecule has 8 heteroatoms. The number of likely N-dealkylation sites (tertiary alicyclic amines) is 1. The summed E-state index contributed by atoms with van der Waals surface area (Å²) in [6.07, 6.45) is -4.23. The SMILES string of the molecule is O=C(c1ccc(-c2cccc(C(F)(F)F)n2)cc1)N1CC[C@](O)(CO)C1. The minimum atomic E-state index is -4.52. The van der Waals surface area contributed by atoms with Gasteiger partial charge in [-0.25, -0.2) is 4.98 Å². The number of amides is 1. The van der Waals surface area contributed by atoms with E-state index in [-0.39, 0.29) is 18.1 Å². The summed E-state index contributed by atoms with van der Waals surface area (Å²) in [6.45, 7) is -0.0525. The van der Waals surface area contributed by atoms with Crippen LogP contribution in [0.4, 0.5) is 13.2 Å². The lowest BCUT2D eigenvalue weighted by molar-refractivity contribution is -0.141. The number of hydrogen-bond acceptors (Lipinski definition) is 4. The monoisotopic (exact) mass is 366 g/mol. The maximum absolute atomic E-state index is 12.8. The summed E-state index contributed by atoms with van der Waals surface area (Å²) in [6, 6.07) is 9.73. The molecule has 138 valence electrons. The average Bonchev–Trinajstić information content (AvgIpc) is 3.04. The van der Waals surface area contributed by atoms with Crippen molar-refractivity contribution in [3.63, 3.8) is 0 Å². The molecule has 1 fully saturated rings. The van der Waals surface area contributed by atoms with Crippen LogP contribution >= 0.6 is 0 Å². The number of aromatic nitrogens is 1. The summed E-state index contributed by atoms with van der Waals surface area (Å²) in [5, 5.41) is 19.2. The predicted octanol–water partition coefficient (Wildman–Crippen LogP) is 2.34. The summed E-state index contributed by atoms with van der Waals surface area (Å²) >= 11 is 0. The molecular formula is C18H17F3N2O3. The van der Waals surface area contributed by atoms with Gasteiger partial charge in [0, 0.05) is 17.7 Å². The number of hydrogen-bond donors (Lipinski definition) is 2. The second-order valence-electron chi connectivity index (χ2n) is 6.34. The summed E-state index contributed by atoms with van der Waals surface area (Å²) in [5.41, 5.74) is -1.29. The summed E-state index contributed by atoms with van der Waals surface area (Å²) in [7, 11) is 0. The van der Waals surface area contributed by atoms with Crippen LogP contribution in [-0.4, -0.2) is 51.3 Å². The van der Waals surface area contributed by atoms with Crippen molar-refractivity contribution in [2.75, 3.05) is 19.7 Å². The maximum Gasteiger partial charge on any atom is 0.433 e. The first kappa shape index (κ1) is 18.3. The molecule has 0 radical (unpaired) electrons. The molecule has 2 aromatic rings. The van der Waals surface area contributed by atoms with Crippen LogP contribution in [0.5, 0.6) is 0 Å². The third-order valence-electron chi connectivity index (χ3n) is 4.38. The fourth-order valence-corrected chi connectivity index (χ4v) is 2.88. The molecule has 0 saturated carbocycles. The highest BCUT2D eigenvalue weighted by molar-refractivity contribution is 5.95. The van der Waals surface area contributed by atoms with Crippen LogP contribution in [0.25, 0.3) is 11.3 Å². The predicted molar refractivity (Wildman–Crippen MR) is 87.2 cm³/mol. The van der Waals surface area contributed by atoms with E-state index in [1.165, 1.54) is 41.3 Å². The third-order valence-corrected chi connectivity index (χ3v) is 4.38. The number of carbonyl (C=O) groups excluding carboxylic acids is 1. The molecule has 1 aliphatic rings. The molecule has 1 saturated heterocycles. The molecule has 5 nitrogen and oxygen atoms in total. The average molecular weight is 366 g/mol. The second kappa shape index (κ2) is 6.69. The molecule has 26 heavy (non-hydrogen) atoms. The lowest BCUT2D eigenvalue weighted by atomic mass is 10.1. The Morgan fingerprint density at radius 3 is 2.46 bits per heavy atom. The highest BCUT2D eigenvalue weighted by atomic mass is 19.4. The van der Waals surface area contributed by atoms with Gasteiger partial charge in [-0.05, 0) is 30.7 Å². The first-order valence-electron chi connectivity index (χ1n) is 7.99. The van der Waals surface area contributed by atoms with Gasteiger partial charge in [-0.15, -0.1) is 0 Å². The Hall–Kier alpha value is -2.45. The van der Waals surface area contributed by atoms with Crippen molar-refractivity contribution in [2.24, 2.45) is 0 Å². The number of aliphatic hydroxyl groups excluding tert-OH is 1. The molecule has 0 unspecified atom stereocenters. The lowest BCUT2D eigenvalue weighted by Crippen LogP contribution is -2.38. The normalized spacial score (nSPS) is 20.4. The number of alkyl halides is 3. The van der Waals surface area contributed by atoms with Gasteiger partial charge in [0.15, 0.2) is 0 Å². The maximum atomic E-state index is 12.8. The number of rotatable bonds is 3. The second-order valence-corrected chi connectivity index (χ2v) is 6.34. The molecule has 1 amide bonds. The van der Waals surface area contributed by atoms with Gasteiger partial charge in [0.1, 0.15) is 11.3 Å². The zero-order valence-corrected chi connectivity index (χ0v) is 13.7. The molecule has 0 aliphatic carbocycles. The van der Waals surface area contributed by atoms with E-state index < -0.39 is 24.1 Å². The van der Waals surface area contributed by atoms with Crippen LogP contribution in [0, 0.1) is 0 Å². The van der Waals surface area contributed by atoms with Crippen molar-refractivity contribution >= 4 is 5.91 Å². The van der Waals surface area contributed by atoms with E-state index in [1.807, 2.05) is 0 Å². The Labute approximate surface area is 147 Å².